The van der Waals surface area contributed by atoms with Gasteiger partial charge in [-0.25, -0.2) is 4.79 Å². The van der Waals surface area contributed by atoms with Gasteiger partial charge in [0.15, 0.2) is 0 Å². The first-order valence-electron chi connectivity index (χ1n) is 7.51. The Balaban J connectivity index is 0.00000225. The van der Waals surface area contributed by atoms with E-state index in [2.05, 4.69) is 10.3 Å². The smallest absolute Gasteiger partial charge is 0.337 e. The van der Waals surface area contributed by atoms with E-state index in [0.29, 0.717) is 5.56 Å². The number of ether oxygens (including phenoxy) is 2. The number of benzene rings is 2. The van der Waals surface area contributed by atoms with Crippen LogP contribution in [0.25, 0.3) is 10.9 Å². The van der Waals surface area contributed by atoms with Gasteiger partial charge in [0, 0.05) is 22.5 Å². The van der Waals surface area contributed by atoms with Crippen molar-refractivity contribution in [1.29, 1.82) is 0 Å². The minimum atomic E-state index is -0.365. The molecule has 0 bridgehead atoms. The van der Waals surface area contributed by atoms with E-state index >= 15 is 0 Å². The van der Waals surface area contributed by atoms with Gasteiger partial charge in [0.1, 0.15) is 5.75 Å². The van der Waals surface area contributed by atoms with Crippen LogP contribution in [0.4, 0.5) is 11.4 Å². The van der Waals surface area contributed by atoms with Crippen LogP contribution in [-0.4, -0.2) is 25.2 Å². The summed E-state index contributed by atoms with van der Waals surface area (Å²) in [5, 5.41) is 4.30. The van der Waals surface area contributed by atoms with Crippen LogP contribution in [0.5, 0.6) is 5.75 Å². The summed E-state index contributed by atoms with van der Waals surface area (Å²) in [5.74, 6) is 0.399. The summed E-state index contributed by atoms with van der Waals surface area (Å²) in [5.41, 5.74) is 3.97. The molecular formula is C19H18ClN2O3-. The molecule has 0 radical (unpaired) electrons. The summed E-state index contributed by atoms with van der Waals surface area (Å²) >= 11 is 0. The van der Waals surface area contributed by atoms with Crippen LogP contribution < -0.4 is 22.5 Å². The average Bonchev–Trinajstić information content (AvgIpc) is 2.61. The minimum Gasteiger partial charge on any atom is -1.00 e. The Kier molecular flexibility index (Phi) is 5.83. The zero-order valence-electron chi connectivity index (χ0n) is 14.2. The van der Waals surface area contributed by atoms with Gasteiger partial charge >= 0.3 is 5.97 Å². The van der Waals surface area contributed by atoms with Gasteiger partial charge in [-0.05, 0) is 49.4 Å². The zero-order chi connectivity index (χ0) is 17.1. The summed E-state index contributed by atoms with van der Waals surface area (Å²) in [6.07, 6.45) is 0. The number of methoxy groups -OCH3 is 2. The van der Waals surface area contributed by atoms with Crippen molar-refractivity contribution >= 4 is 28.2 Å². The minimum absolute atomic E-state index is 0. The van der Waals surface area contributed by atoms with Gasteiger partial charge in [-0.15, -0.1) is 0 Å². The molecule has 130 valence electrons. The van der Waals surface area contributed by atoms with Crippen LogP contribution in [0, 0.1) is 6.92 Å². The lowest BCUT2D eigenvalue weighted by Gasteiger charge is -2.12. The van der Waals surface area contributed by atoms with Gasteiger partial charge in [0.05, 0.1) is 25.3 Å². The topological polar surface area (TPSA) is 60.5 Å². The van der Waals surface area contributed by atoms with Crippen LogP contribution in [0.2, 0.25) is 0 Å². The van der Waals surface area contributed by atoms with E-state index in [4.69, 9.17) is 9.47 Å². The van der Waals surface area contributed by atoms with E-state index in [9.17, 15) is 4.79 Å². The van der Waals surface area contributed by atoms with Crippen LogP contribution in [-0.2, 0) is 4.74 Å². The van der Waals surface area contributed by atoms with Gasteiger partial charge < -0.3 is 27.2 Å². The molecule has 1 aromatic heterocycles. The van der Waals surface area contributed by atoms with Gasteiger partial charge in [-0.2, -0.15) is 0 Å². The highest BCUT2D eigenvalue weighted by atomic mass is 35.5. The number of fused-ring (bicyclic) bond motifs is 1. The third-order valence-corrected chi connectivity index (χ3v) is 3.71. The highest BCUT2D eigenvalue weighted by molar-refractivity contribution is 5.95. The maximum Gasteiger partial charge on any atom is 0.337 e. The van der Waals surface area contributed by atoms with Crippen molar-refractivity contribution in [1.82, 2.24) is 4.98 Å². The van der Waals surface area contributed by atoms with Crippen LogP contribution in [0.3, 0.4) is 0 Å². The van der Waals surface area contributed by atoms with Crippen molar-refractivity contribution in [2.45, 2.75) is 6.92 Å². The van der Waals surface area contributed by atoms with E-state index < -0.39 is 0 Å². The molecule has 0 amide bonds. The third-order valence-electron chi connectivity index (χ3n) is 3.71. The predicted molar refractivity (Wildman–Crippen MR) is 94.1 cm³/mol. The Morgan fingerprint density at radius 3 is 2.60 bits per heavy atom. The van der Waals surface area contributed by atoms with Crippen LogP contribution in [0.15, 0.2) is 48.5 Å². The fourth-order valence-electron chi connectivity index (χ4n) is 2.56. The molecule has 2 aromatic carbocycles. The van der Waals surface area contributed by atoms with Gasteiger partial charge in [0.2, 0.25) is 0 Å². The van der Waals surface area contributed by atoms with Crippen LogP contribution in [0.1, 0.15) is 16.1 Å². The van der Waals surface area contributed by atoms with E-state index in [-0.39, 0.29) is 18.4 Å². The largest absolute Gasteiger partial charge is 1.00 e. The average molecular weight is 358 g/mol. The molecule has 0 atom stereocenters. The Morgan fingerprint density at radius 1 is 1.08 bits per heavy atom. The molecule has 25 heavy (non-hydrogen) atoms. The van der Waals surface area contributed by atoms with Gasteiger partial charge in [0.25, 0.3) is 0 Å². The van der Waals surface area contributed by atoms with E-state index in [1.165, 1.54) is 7.11 Å². The van der Waals surface area contributed by atoms with E-state index in [0.717, 1.165) is 33.7 Å². The number of pyridine rings is 1. The van der Waals surface area contributed by atoms with Crippen molar-refractivity contribution in [2.24, 2.45) is 0 Å². The highest BCUT2D eigenvalue weighted by Crippen LogP contribution is 2.29. The second-order valence-corrected chi connectivity index (χ2v) is 5.39. The number of hydrogen-bond acceptors (Lipinski definition) is 5. The first-order chi connectivity index (χ1) is 11.6. The Morgan fingerprint density at radius 2 is 1.88 bits per heavy atom. The number of anilines is 2. The second kappa shape index (κ2) is 7.85. The molecule has 0 saturated heterocycles. The molecule has 1 heterocycles. The first-order valence-corrected chi connectivity index (χ1v) is 7.51. The van der Waals surface area contributed by atoms with E-state index in [1.807, 2.05) is 43.3 Å². The lowest BCUT2D eigenvalue weighted by Crippen LogP contribution is -3.00. The monoisotopic (exact) mass is 357 g/mol. The molecule has 0 aliphatic rings. The molecule has 0 unspecified atom stereocenters. The molecule has 0 aliphatic heterocycles. The standard InChI is InChI=1S/C19H18N2O3.ClH/c1-12-9-18(16-11-15(23-2)7-8-17(16)20-12)21-14-6-4-5-13(10-14)19(22)24-3;/h4-11H,1-3H3,(H,20,21);1H/p-1. The summed E-state index contributed by atoms with van der Waals surface area (Å²) < 4.78 is 10.1. The summed E-state index contributed by atoms with van der Waals surface area (Å²) in [4.78, 5) is 16.2. The molecule has 3 aromatic rings. The SMILES string of the molecule is COC(=O)c1cccc(Nc2cc(C)nc3ccc(OC)cc23)c1.[Cl-]. The van der Waals surface area contributed by atoms with Crippen molar-refractivity contribution in [3.05, 3.63) is 59.8 Å². The van der Waals surface area contributed by atoms with E-state index in [1.54, 1.807) is 19.2 Å². The fourth-order valence-corrected chi connectivity index (χ4v) is 2.56. The number of rotatable bonds is 4. The Hall–Kier alpha value is -2.79. The summed E-state index contributed by atoms with van der Waals surface area (Å²) in [6.45, 7) is 1.94. The van der Waals surface area contributed by atoms with Gasteiger partial charge in [-0.1, -0.05) is 6.07 Å². The highest BCUT2D eigenvalue weighted by Gasteiger charge is 2.09. The third kappa shape index (κ3) is 4.00. The summed E-state index contributed by atoms with van der Waals surface area (Å²) in [7, 11) is 3.00. The molecule has 0 spiro atoms. The second-order valence-electron chi connectivity index (χ2n) is 5.39. The van der Waals surface area contributed by atoms with Crippen molar-refractivity contribution in [2.75, 3.05) is 19.5 Å². The Labute approximate surface area is 152 Å². The molecular weight excluding hydrogens is 340 g/mol. The number of carbonyl (C=O) groups excluding carboxylic acids is 1. The van der Waals surface area contributed by atoms with Crippen molar-refractivity contribution in [3.8, 4) is 5.75 Å². The number of aromatic nitrogens is 1. The fraction of sp³-hybridized carbons (Fsp3) is 0.158. The van der Waals surface area contributed by atoms with Crippen LogP contribution >= 0.6 is 0 Å². The number of nitrogens with one attached hydrogen (secondary N) is 1. The molecule has 5 nitrogen and oxygen atoms in total. The lowest BCUT2D eigenvalue weighted by molar-refractivity contribution is -0.0000198. The quantitative estimate of drug-likeness (QED) is 0.708. The normalized spacial score (nSPS) is 10.0. The molecule has 0 fully saturated rings. The lowest BCUT2D eigenvalue weighted by atomic mass is 10.1. The summed E-state index contributed by atoms with van der Waals surface area (Å²) in [6, 6.07) is 14.9. The molecule has 1 N–H and O–H groups in total. The number of carbonyl (C=O) groups is 1. The van der Waals surface area contributed by atoms with Gasteiger partial charge in [-0.3, -0.25) is 4.98 Å². The van der Waals surface area contributed by atoms with Crippen molar-refractivity contribution in [3.63, 3.8) is 0 Å². The Bertz CT molecular complexity index is 912. The maximum absolute atomic E-state index is 11.7. The number of hydrogen-bond donors (Lipinski definition) is 1. The molecule has 6 heteroatoms. The molecule has 3 rings (SSSR count). The zero-order valence-corrected chi connectivity index (χ0v) is 14.9. The molecule has 0 aliphatic carbocycles. The molecule has 0 saturated carbocycles. The number of esters is 1. The maximum atomic E-state index is 11.7. The predicted octanol–water partition coefficient (Wildman–Crippen LogP) is 1.09. The number of nitrogens with zero attached hydrogens (tertiary/aromatic N) is 1. The number of halogens is 1. The number of aryl methyl sites for hydroxylation is 1. The first kappa shape index (κ1) is 18.5. The van der Waals surface area contributed by atoms with Crippen molar-refractivity contribution < 1.29 is 26.7 Å².